The van der Waals surface area contributed by atoms with Gasteiger partial charge in [0.15, 0.2) is 5.82 Å². The van der Waals surface area contributed by atoms with Crippen molar-refractivity contribution < 1.29 is 26.3 Å². The van der Waals surface area contributed by atoms with Crippen molar-refractivity contribution in [1.82, 2.24) is 19.7 Å². The molecule has 0 aliphatic rings. The monoisotopic (exact) mass is 423 g/mol. The Labute approximate surface area is 165 Å². The lowest BCUT2D eigenvalue weighted by Gasteiger charge is -2.13. The summed E-state index contributed by atoms with van der Waals surface area (Å²) >= 11 is 0. The molecule has 1 aromatic carbocycles. The molecule has 154 valence electrons. The molecule has 0 fully saturated rings. The van der Waals surface area contributed by atoms with E-state index in [-0.39, 0.29) is 23.9 Å². The number of allylic oxidation sites excluding steroid dienone is 1. The second-order valence-electron chi connectivity index (χ2n) is 6.11. The Morgan fingerprint density at radius 3 is 2.20 bits per heavy atom. The fraction of sp³-hybridized carbons (Fsp3) is 0.158. The van der Waals surface area contributed by atoms with Crippen molar-refractivity contribution in [3.05, 3.63) is 71.3 Å². The van der Waals surface area contributed by atoms with Crippen molar-refractivity contribution in [2.75, 3.05) is 0 Å². The third kappa shape index (κ3) is 5.02. The number of hydrogen-bond donors (Lipinski definition) is 0. The van der Waals surface area contributed by atoms with E-state index in [0.717, 1.165) is 11.0 Å². The lowest BCUT2D eigenvalue weighted by atomic mass is 10.0. The van der Waals surface area contributed by atoms with Gasteiger partial charge in [-0.15, -0.1) is 5.10 Å². The Balaban J connectivity index is 1.96. The fourth-order valence-electron chi connectivity index (χ4n) is 2.52. The Morgan fingerprint density at radius 2 is 1.67 bits per heavy atom. The number of pyridine rings is 1. The predicted octanol–water partition coefficient (Wildman–Crippen LogP) is 4.98. The van der Waals surface area contributed by atoms with E-state index >= 15 is 0 Å². The molecule has 0 spiro atoms. The summed E-state index contributed by atoms with van der Waals surface area (Å²) in [6.07, 6.45) is -5.90. The SMILES string of the molecule is N#C/C(=C/n1cnc(-c2cc(C(F)(F)F)cc(C(F)(F)F)c2)n1)Cc1ccccn1. The summed E-state index contributed by atoms with van der Waals surface area (Å²) in [5.74, 6) is -0.349. The minimum absolute atomic E-state index is 0.0288. The number of nitrogens with zero attached hydrogens (tertiary/aromatic N) is 5. The molecule has 2 heterocycles. The van der Waals surface area contributed by atoms with E-state index in [0.29, 0.717) is 17.8 Å². The lowest BCUT2D eigenvalue weighted by molar-refractivity contribution is -0.143. The minimum atomic E-state index is -4.98. The topological polar surface area (TPSA) is 67.4 Å². The average Bonchev–Trinajstić information content (AvgIpc) is 3.15. The van der Waals surface area contributed by atoms with Gasteiger partial charge in [0.1, 0.15) is 6.33 Å². The van der Waals surface area contributed by atoms with Crippen LogP contribution in [0.2, 0.25) is 0 Å². The van der Waals surface area contributed by atoms with Gasteiger partial charge in [-0.25, -0.2) is 9.67 Å². The number of hydrogen-bond acceptors (Lipinski definition) is 4. The molecule has 5 nitrogen and oxygen atoms in total. The van der Waals surface area contributed by atoms with E-state index in [1.165, 1.54) is 6.20 Å². The second-order valence-corrected chi connectivity index (χ2v) is 6.11. The number of benzene rings is 1. The fourth-order valence-corrected chi connectivity index (χ4v) is 2.52. The number of alkyl halides is 6. The van der Waals surface area contributed by atoms with E-state index in [1.807, 2.05) is 6.07 Å². The van der Waals surface area contributed by atoms with Gasteiger partial charge < -0.3 is 0 Å². The standard InChI is InChI=1S/C19H11F6N5/c20-18(21,22)14-6-13(7-15(8-14)19(23,24)25)17-28-11-30(29-17)10-12(9-26)5-16-3-1-2-4-27-16/h1-4,6-8,10-11H,5H2/b12-10+. The first kappa shape index (κ1) is 21.0. The van der Waals surface area contributed by atoms with Crippen molar-refractivity contribution in [2.45, 2.75) is 18.8 Å². The maximum atomic E-state index is 13.0. The van der Waals surface area contributed by atoms with Crippen LogP contribution in [0.15, 0.2) is 54.5 Å². The molecule has 0 saturated heterocycles. The van der Waals surface area contributed by atoms with Crippen LogP contribution >= 0.6 is 0 Å². The van der Waals surface area contributed by atoms with Crippen molar-refractivity contribution >= 4 is 6.20 Å². The highest BCUT2D eigenvalue weighted by Crippen LogP contribution is 2.38. The zero-order chi connectivity index (χ0) is 21.9. The first-order valence-electron chi connectivity index (χ1n) is 8.28. The van der Waals surface area contributed by atoms with Crippen molar-refractivity contribution in [1.29, 1.82) is 5.26 Å². The number of halogens is 6. The third-order valence-corrected chi connectivity index (χ3v) is 3.88. The van der Waals surface area contributed by atoms with Crippen LogP contribution in [0, 0.1) is 11.3 Å². The third-order valence-electron chi connectivity index (χ3n) is 3.88. The first-order chi connectivity index (χ1) is 14.1. The lowest BCUT2D eigenvalue weighted by Crippen LogP contribution is -2.11. The maximum Gasteiger partial charge on any atom is 0.416 e. The second kappa shape index (κ2) is 7.98. The Kier molecular flexibility index (Phi) is 5.60. The summed E-state index contributed by atoms with van der Waals surface area (Å²) in [4.78, 5) is 7.85. The van der Waals surface area contributed by atoms with E-state index in [2.05, 4.69) is 15.1 Å². The molecule has 0 amide bonds. The highest BCUT2D eigenvalue weighted by molar-refractivity contribution is 5.58. The zero-order valence-corrected chi connectivity index (χ0v) is 14.9. The minimum Gasteiger partial charge on any atom is -0.261 e. The van der Waals surface area contributed by atoms with Crippen molar-refractivity contribution in [3.8, 4) is 17.5 Å². The molecular weight excluding hydrogens is 412 g/mol. The van der Waals surface area contributed by atoms with Gasteiger partial charge in [0.25, 0.3) is 0 Å². The van der Waals surface area contributed by atoms with E-state index in [9.17, 15) is 31.6 Å². The Morgan fingerprint density at radius 1 is 1.00 bits per heavy atom. The van der Waals surface area contributed by atoms with Gasteiger partial charge in [0.2, 0.25) is 0 Å². The largest absolute Gasteiger partial charge is 0.416 e. The summed E-state index contributed by atoms with van der Waals surface area (Å²) in [6.45, 7) is 0. The molecule has 2 aromatic heterocycles. The van der Waals surface area contributed by atoms with Crippen LogP contribution in [0.3, 0.4) is 0 Å². The van der Waals surface area contributed by atoms with E-state index in [1.54, 1.807) is 24.4 Å². The first-order valence-corrected chi connectivity index (χ1v) is 8.28. The molecule has 0 unspecified atom stereocenters. The van der Waals surface area contributed by atoms with Crippen LogP contribution in [-0.4, -0.2) is 19.7 Å². The van der Waals surface area contributed by atoms with Crippen LogP contribution in [0.5, 0.6) is 0 Å². The number of rotatable bonds is 4. The van der Waals surface area contributed by atoms with Crippen molar-refractivity contribution in [2.24, 2.45) is 0 Å². The zero-order valence-electron chi connectivity index (χ0n) is 14.9. The molecule has 0 saturated carbocycles. The van der Waals surface area contributed by atoms with E-state index < -0.39 is 29.0 Å². The van der Waals surface area contributed by atoms with Crippen LogP contribution in [-0.2, 0) is 18.8 Å². The molecule has 3 aromatic rings. The van der Waals surface area contributed by atoms with Crippen LogP contribution in [0.4, 0.5) is 26.3 Å². The molecular formula is C19H11F6N5. The Bertz CT molecular complexity index is 1070. The summed E-state index contributed by atoms with van der Waals surface area (Å²) in [5.41, 5.74) is -2.57. The molecule has 3 rings (SSSR count). The highest BCUT2D eigenvalue weighted by atomic mass is 19.4. The molecule has 0 aliphatic carbocycles. The maximum absolute atomic E-state index is 13.0. The normalized spacial score (nSPS) is 12.6. The number of aromatic nitrogens is 4. The molecule has 30 heavy (non-hydrogen) atoms. The molecule has 0 bridgehead atoms. The van der Waals surface area contributed by atoms with Gasteiger partial charge >= 0.3 is 12.4 Å². The van der Waals surface area contributed by atoms with Crippen molar-refractivity contribution in [3.63, 3.8) is 0 Å². The molecule has 0 N–H and O–H groups in total. The molecule has 11 heteroatoms. The van der Waals surface area contributed by atoms with E-state index in [4.69, 9.17) is 0 Å². The van der Waals surface area contributed by atoms with Gasteiger partial charge in [-0.05, 0) is 30.3 Å². The quantitative estimate of drug-likeness (QED) is 0.438. The predicted molar refractivity (Wildman–Crippen MR) is 93.3 cm³/mol. The summed E-state index contributed by atoms with van der Waals surface area (Å²) in [7, 11) is 0. The van der Waals surface area contributed by atoms with Crippen LogP contribution in [0.1, 0.15) is 16.8 Å². The van der Waals surface area contributed by atoms with Crippen LogP contribution in [0.25, 0.3) is 17.6 Å². The Hall–Kier alpha value is -3.68. The summed E-state index contributed by atoms with van der Waals surface area (Å²) in [5, 5.41) is 13.1. The van der Waals surface area contributed by atoms with Gasteiger partial charge in [-0.2, -0.15) is 31.6 Å². The molecule has 0 radical (unpaired) electrons. The van der Waals surface area contributed by atoms with Gasteiger partial charge in [-0.1, -0.05) is 6.07 Å². The van der Waals surface area contributed by atoms with Gasteiger partial charge in [0, 0.05) is 30.1 Å². The smallest absolute Gasteiger partial charge is 0.261 e. The molecule has 0 aliphatic heterocycles. The van der Waals surface area contributed by atoms with Crippen LogP contribution < -0.4 is 0 Å². The average molecular weight is 423 g/mol. The highest BCUT2D eigenvalue weighted by Gasteiger charge is 2.37. The summed E-state index contributed by atoms with van der Waals surface area (Å²) < 4.78 is 79.1. The van der Waals surface area contributed by atoms with Gasteiger partial charge in [-0.3, -0.25) is 4.98 Å². The summed E-state index contributed by atoms with van der Waals surface area (Å²) in [6, 6.07) is 8.18. The van der Waals surface area contributed by atoms with Gasteiger partial charge in [0.05, 0.1) is 22.8 Å². The molecule has 0 atom stereocenters. The number of nitriles is 1.